The van der Waals surface area contributed by atoms with E-state index in [1.54, 1.807) is 18.2 Å². The standard InChI is InChI=1S/C15H16N2O4/c18-12(11-21-13-6-2-1-3-7-13)10-16-15(19)14-8-4-5-9-17(14)20/h1-9,12,18H,10-11H2,(H,16,19)/t12-/m0/s1. The third-order valence-corrected chi connectivity index (χ3v) is 2.74. The van der Waals surface area contributed by atoms with Crippen molar-refractivity contribution in [1.82, 2.24) is 5.32 Å². The monoisotopic (exact) mass is 288 g/mol. The maximum Gasteiger partial charge on any atom is 0.317 e. The summed E-state index contributed by atoms with van der Waals surface area (Å²) < 4.78 is 5.84. The number of rotatable bonds is 6. The molecule has 6 nitrogen and oxygen atoms in total. The van der Waals surface area contributed by atoms with E-state index in [0.29, 0.717) is 10.5 Å². The number of aliphatic hydroxyl groups is 1. The van der Waals surface area contributed by atoms with Gasteiger partial charge in [0, 0.05) is 18.7 Å². The summed E-state index contributed by atoms with van der Waals surface area (Å²) in [5.41, 5.74) is -0.0197. The second-order valence-electron chi connectivity index (χ2n) is 4.40. The van der Waals surface area contributed by atoms with E-state index in [9.17, 15) is 15.1 Å². The summed E-state index contributed by atoms with van der Waals surface area (Å²) in [6.07, 6.45) is 0.377. The number of nitrogens with one attached hydrogen (secondary N) is 1. The van der Waals surface area contributed by atoms with Crippen molar-refractivity contribution in [3.05, 3.63) is 65.6 Å². The molecule has 1 aromatic heterocycles. The maximum atomic E-state index is 11.8. The molecule has 0 aliphatic heterocycles. The average molecular weight is 288 g/mol. The van der Waals surface area contributed by atoms with Gasteiger partial charge in [-0.3, -0.25) is 4.79 Å². The van der Waals surface area contributed by atoms with Crippen molar-refractivity contribution >= 4 is 5.91 Å². The summed E-state index contributed by atoms with van der Waals surface area (Å²) in [7, 11) is 0. The predicted octanol–water partition coefficient (Wildman–Crippen LogP) is 0.490. The summed E-state index contributed by atoms with van der Waals surface area (Å²) >= 11 is 0. The van der Waals surface area contributed by atoms with E-state index in [1.807, 2.05) is 18.2 Å². The van der Waals surface area contributed by atoms with Gasteiger partial charge in [-0.15, -0.1) is 0 Å². The van der Waals surface area contributed by atoms with E-state index < -0.39 is 12.0 Å². The molecule has 2 aromatic rings. The fraction of sp³-hybridized carbons (Fsp3) is 0.200. The first-order valence-corrected chi connectivity index (χ1v) is 6.49. The molecule has 0 bridgehead atoms. The Bertz CT molecular complexity index is 589. The van der Waals surface area contributed by atoms with Gasteiger partial charge >= 0.3 is 5.91 Å². The van der Waals surface area contributed by atoms with Crippen LogP contribution in [0.25, 0.3) is 0 Å². The van der Waals surface area contributed by atoms with Crippen LogP contribution in [-0.4, -0.2) is 30.3 Å². The lowest BCUT2D eigenvalue weighted by Gasteiger charge is -2.13. The highest BCUT2D eigenvalue weighted by Gasteiger charge is 2.16. The molecule has 110 valence electrons. The molecule has 0 fully saturated rings. The molecule has 0 radical (unpaired) electrons. The molecule has 21 heavy (non-hydrogen) atoms. The van der Waals surface area contributed by atoms with Crippen LogP contribution < -0.4 is 14.8 Å². The summed E-state index contributed by atoms with van der Waals surface area (Å²) in [6.45, 7) is 0.0526. The summed E-state index contributed by atoms with van der Waals surface area (Å²) in [4.78, 5) is 11.8. The van der Waals surface area contributed by atoms with Gasteiger partial charge in [-0.05, 0) is 18.2 Å². The van der Waals surface area contributed by atoms with E-state index in [-0.39, 0.29) is 18.8 Å². The van der Waals surface area contributed by atoms with Crippen molar-refractivity contribution in [3.8, 4) is 5.75 Å². The molecule has 1 heterocycles. The number of aliphatic hydroxyl groups excluding tert-OH is 1. The van der Waals surface area contributed by atoms with Gasteiger partial charge < -0.3 is 20.4 Å². The molecule has 1 atom stereocenters. The molecule has 6 heteroatoms. The van der Waals surface area contributed by atoms with Crippen LogP contribution in [0.5, 0.6) is 5.75 Å². The first kappa shape index (κ1) is 14.8. The van der Waals surface area contributed by atoms with Gasteiger partial charge in [0.25, 0.3) is 5.69 Å². The van der Waals surface area contributed by atoms with Crippen molar-refractivity contribution in [2.45, 2.75) is 6.10 Å². The zero-order valence-electron chi connectivity index (χ0n) is 11.3. The van der Waals surface area contributed by atoms with E-state index in [4.69, 9.17) is 4.74 Å². The lowest BCUT2D eigenvalue weighted by atomic mass is 10.3. The van der Waals surface area contributed by atoms with Gasteiger partial charge in [-0.2, -0.15) is 4.73 Å². The average Bonchev–Trinajstić information content (AvgIpc) is 2.52. The second kappa shape index (κ2) is 7.25. The Hall–Kier alpha value is -2.60. The molecule has 1 amide bonds. The molecule has 0 saturated carbocycles. The van der Waals surface area contributed by atoms with Crippen LogP contribution in [0.3, 0.4) is 0 Å². The van der Waals surface area contributed by atoms with Crippen LogP contribution in [0, 0.1) is 5.21 Å². The number of hydrogen-bond donors (Lipinski definition) is 2. The number of aromatic nitrogens is 1. The van der Waals surface area contributed by atoms with Crippen molar-refractivity contribution < 1.29 is 19.4 Å². The zero-order valence-corrected chi connectivity index (χ0v) is 11.3. The summed E-state index contributed by atoms with van der Waals surface area (Å²) in [5, 5.41) is 23.6. The molecule has 0 aliphatic rings. The molecule has 1 aromatic carbocycles. The second-order valence-corrected chi connectivity index (χ2v) is 4.40. The zero-order chi connectivity index (χ0) is 15.1. The van der Waals surface area contributed by atoms with E-state index >= 15 is 0 Å². The van der Waals surface area contributed by atoms with Gasteiger partial charge in [0.05, 0.1) is 0 Å². The van der Waals surface area contributed by atoms with Gasteiger partial charge in [0.1, 0.15) is 18.5 Å². The summed E-state index contributed by atoms with van der Waals surface area (Å²) in [5.74, 6) is 0.104. The minimum Gasteiger partial charge on any atom is -0.618 e. The highest BCUT2D eigenvalue weighted by atomic mass is 16.5. The SMILES string of the molecule is O=C(NC[C@H](O)COc1ccccc1)c1cccc[n+]1[O-]. The van der Waals surface area contributed by atoms with Crippen LogP contribution in [0.15, 0.2) is 54.7 Å². The number of para-hydroxylation sites is 1. The van der Waals surface area contributed by atoms with Crippen LogP contribution in [0.4, 0.5) is 0 Å². The van der Waals surface area contributed by atoms with Crippen LogP contribution in [0.2, 0.25) is 0 Å². The number of benzene rings is 1. The highest BCUT2D eigenvalue weighted by molar-refractivity contribution is 5.90. The van der Waals surface area contributed by atoms with Crippen molar-refractivity contribution in [3.63, 3.8) is 0 Å². The Morgan fingerprint density at radius 2 is 1.95 bits per heavy atom. The highest BCUT2D eigenvalue weighted by Crippen LogP contribution is 2.08. The molecule has 0 spiro atoms. The van der Waals surface area contributed by atoms with Crippen molar-refractivity contribution in [1.29, 1.82) is 0 Å². The number of ether oxygens (including phenoxy) is 1. The lowest BCUT2D eigenvalue weighted by molar-refractivity contribution is -0.607. The number of carbonyl (C=O) groups is 1. The first-order valence-electron chi connectivity index (χ1n) is 6.49. The smallest absolute Gasteiger partial charge is 0.317 e. The third kappa shape index (κ3) is 4.47. The fourth-order valence-corrected chi connectivity index (χ4v) is 1.67. The first-order chi connectivity index (χ1) is 10.2. The Morgan fingerprint density at radius 1 is 1.24 bits per heavy atom. The molecule has 0 unspecified atom stereocenters. The number of amides is 1. The molecule has 0 aliphatic carbocycles. The minimum atomic E-state index is -0.863. The summed E-state index contributed by atoms with van der Waals surface area (Å²) in [6, 6.07) is 13.6. The molecule has 0 saturated heterocycles. The van der Waals surface area contributed by atoms with Gasteiger partial charge in [-0.1, -0.05) is 18.2 Å². The number of nitrogens with zero attached hydrogens (tertiary/aromatic N) is 1. The third-order valence-electron chi connectivity index (χ3n) is 2.74. The topological polar surface area (TPSA) is 85.5 Å². The Kier molecular flexibility index (Phi) is 5.11. The van der Waals surface area contributed by atoms with Gasteiger partial charge in [0.2, 0.25) is 0 Å². The van der Waals surface area contributed by atoms with Crippen molar-refractivity contribution in [2.75, 3.05) is 13.2 Å². The molecular weight excluding hydrogens is 272 g/mol. The minimum absolute atomic E-state index is 0.000557. The molecular formula is C15H16N2O4. The van der Waals surface area contributed by atoms with E-state index in [0.717, 1.165) is 0 Å². The number of pyridine rings is 1. The van der Waals surface area contributed by atoms with E-state index in [2.05, 4.69) is 5.32 Å². The Labute approximate surface area is 122 Å². The van der Waals surface area contributed by atoms with Gasteiger partial charge in [0.15, 0.2) is 6.20 Å². The van der Waals surface area contributed by atoms with Crippen molar-refractivity contribution in [2.24, 2.45) is 0 Å². The lowest BCUT2D eigenvalue weighted by Crippen LogP contribution is -2.42. The Morgan fingerprint density at radius 3 is 2.67 bits per heavy atom. The maximum absolute atomic E-state index is 11.8. The van der Waals surface area contributed by atoms with Crippen LogP contribution in [0.1, 0.15) is 10.5 Å². The number of hydrogen-bond acceptors (Lipinski definition) is 4. The quantitative estimate of drug-likeness (QED) is 0.598. The van der Waals surface area contributed by atoms with Crippen LogP contribution in [-0.2, 0) is 0 Å². The van der Waals surface area contributed by atoms with E-state index in [1.165, 1.54) is 18.3 Å². The van der Waals surface area contributed by atoms with Gasteiger partial charge in [-0.25, -0.2) is 0 Å². The molecule has 2 N–H and O–H groups in total. The largest absolute Gasteiger partial charge is 0.618 e. The Balaban J connectivity index is 1.77. The van der Waals surface area contributed by atoms with Crippen LogP contribution >= 0.6 is 0 Å². The number of carbonyl (C=O) groups excluding carboxylic acids is 1. The normalized spacial score (nSPS) is 11.7. The fourth-order valence-electron chi connectivity index (χ4n) is 1.67. The molecule has 2 rings (SSSR count). The predicted molar refractivity (Wildman–Crippen MR) is 75.7 cm³/mol.